The van der Waals surface area contributed by atoms with Crippen molar-refractivity contribution in [3.8, 4) is 0 Å². The number of rotatable bonds is 5. The summed E-state index contributed by atoms with van der Waals surface area (Å²) >= 11 is 0. The minimum Gasteiger partial charge on any atom is -0.383 e. The van der Waals surface area contributed by atoms with Crippen LogP contribution in [0.3, 0.4) is 0 Å². The number of nitrogens with zero attached hydrogens (tertiary/aromatic N) is 3. The Balaban J connectivity index is 2.04. The zero-order chi connectivity index (χ0) is 18.9. The number of fused-ring (bicyclic) bond motifs is 1. The van der Waals surface area contributed by atoms with Gasteiger partial charge in [-0.25, -0.2) is 4.98 Å². The molecule has 1 saturated heterocycles. The standard InChI is InChI=1S/C20H29N3O3/c1-5-22(14(2)24)16-6-7-18-17(12-16)21-19(20(3,4)25)23(18)13-15-8-10-26-11-9-15/h6-7,12,15,25H,5,8-11,13H2,1-4H3. The Hall–Kier alpha value is -1.92. The lowest BCUT2D eigenvalue weighted by Gasteiger charge is -2.26. The molecule has 0 saturated carbocycles. The third kappa shape index (κ3) is 3.76. The first kappa shape index (κ1) is 18.9. The van der Waals surface area contributed by atoms with Crippen LogP contribution in [0.5, 0.6) is 0 Å². The largest absolute Gasteiger partial charge is 0.383 e. The van der Waals surface area contributed by atoms with Crippen LogP contribution in [0.25, 0.3) is 11.0 Å². The number of aromatic nitrogens is 2. The highest BCUT2D eigenvalue weighted by atomic mass is 16.5. The van der Waals surface area contributed by atoms with Gasteiger partial charge in [0.2, 0.25) is 5.91 Å². The van der Waals surface area contributed by atoms with Gasteiger partial charge in [-0.15, -0.1) is 0 Å². The van der Waals surface area contributed by atoms with Crippen molar-refractivity contribution in [1.29, 1.82) is 0 Å². The molecule has 142 valence electrons. The van der Waals surface area contributed by atoms with Crippen LogP contribution < -0.4 is 4.90 Å². The van der Waals surface area contributed by atoms with Crippen molar-refractivity contribution in [2.24, 2.45) is 5.92 Å². The second-order valence-corrected chi connectivity index (χ2v) is 7.60. The molecule has 0 spiro atoms. The third-order valence-electron chi connectivity index (χ3n) is 5.07. The average Bonchev–Trinajstić information content (AvgIpc) is 2.94. The first-order chi connectivity index (χ1) is 12.3. The minimum atomic E-state index is -1.03. The normalized spacial score (nSPS) is 16.2. The Morgan fingerprint density at radius 1 is 1.38 bits per heavy atom. The van der Waals surface area contributed by atoms with E-state index < -0.39 is 5.60 Å². The Morgan fingerprint density at radius 3 is 2.65 bits per heavy atom. The average molecular weight is 359 g/mol. The van der Waals surface area contributed by atoms with E-state index in [4.69, 9.17) is 9.72 Å². The second kappa shape index (κ2) is 7.37. The number of benzene rings is 1. The Kier molecular flexibility index (Phi) is 5.34. The van der Waals surface area contributed by atoms with Crippen molar-refractivity contribution < 1.29 is 14.6 Å². The maximum atomic E-state index is 11.9. The maximum absolute atomic E-state index is 11.9. The van der Waals surface area contributed by atoms with Gasteiger partial charge < -0.3 is 19.3 Å². The molecule has 0 bridgehead atoms. The summed E-state index contributed by atoms with van der Waals surface area (Å²) in [5.41, 5.74) is 1.61. The van der Waals surface area contributed by atoms with Crippen LogP contribution in [-0.2, 0) is 21.7 Å². The fourth-order valence-corrected chi connectivity index (χ4v) is 3.71. The molecule has 1 aromatic carbocycles. The first-order valence-electron chi connectivity index (χ1n) is 9.40. The van der Waals surface area contributed by atoms with Gasteiger partial charge in [-0.3, -0.25) is 4.79 Å². The molecule has 2 aromatic rings. The summed E-state index contributed by atoms with van der Waals surface area (Å²) in [7, 11) is 0. The zero-order valence-electron chi connectivity index (χ0n) is 16.2. The van der Waals surface area contributed by atoms with Gasteiger partial charge in [-0.2, -0.15) is 0 Å². The predicted molar refractivity (Wildman–Crippen MR) is 102 cm³/mol. The number of ether oxygens (including phenoxy) is 1. The highest BCUT2D eigenvalue weighted by molar-refractivity contribution is 5.93. The number of amides is 1. The fourth-order valence-electron chi connectivity index (χ4n) is 3.71. The van der Waals surface area contributed by atoms with E-state index in [1.807, 2.05) is 25.1 Å². The van der Waals surface area contributed by atoms with E-state index in [0.29, 0.717) is 18.3 Å². The highest BCUT2D eigenvalue weighted by Gasteiger charge is 2.27. The van der Waals surface area contributed by atoms with E-state index >= 15 is 0 Å². The maximum Gasteiger partial charge on any atom is 0.223 e. The summed E-state index contributed by atoms with van der Waals surface area (Å²) in [6, 6.07) is 5.91. The van der Waals surface area contributed by atoms with Crippen molar-refractivity contribution in [1.82, 2.24) is 9.55 Å². The highest BCUT2D eigenvalue weighted by Crippen LogP contribution is 2.30. The molecular formula is C20H29N3O3. The molecular weight excluding hydrogens is 330 g/mol. The van der Waals surface area contributed by atoms with Crippen LogP contribution >= 0.6 is 0 Å². The van der Waals surface area contributed by atoms with E-state index in [-0.39, 0.29) is 5.91 Å². The molecule has 2 heterocycles. The van der Waals surface area contributed by atoms with Crippen molar-refractivity contribution in [3.05, 3.63) is 24.0 Å². The van der Waals surface area contributed by atoms with Crippen molar-refractivity contribution >= 4 is 22.6 Å². The Bertz CT molecular complexity index is 785. The van der Waals surface area contributed by atoms with Gasteiger partial charge in [-0.05, 0) is 57.7 Å². The molecule has 1 aliphatic rings. The summed E-state index contributed by atoms with van der Waals surface area (Å²) in [5.74, 6) is 1.20. The number of aliphatic hydroxyl groups is 1. The van der Waals surface area contributed by atoms with E-state index in [1.165, 1.54) is 0 Å². The predicted octanol–water partition coefficient (Wildman–Crippen LogP) is 3.06. The Labute approximate surface area is 154 Å². The van der Waals surface area contributed by atoms with Gasteiger partial charge in [0.15, 0.2) is 0 Å². The lowest BCUT2D eigenvalue weighted by Crippen LogP contribution is -2.27. The molecule has 0 radical (unpaired) electrons. The monoisotopic (exact) mass is 359 g/mol. The van der Waals surface area contributed by atoms with E-state index in [9.17, 15) is 9.90 Å². The molecule has 1 aliphatic heterocycles. The summed E-state index contributed by atoms with van der Waals surface area (Å²) in [6.45, 7) is 10.1. The molecule has 3 rings (SSSR count). The summed E-state index contributed by atoms with van der Waals surface area (Å²) in [5, 5.41) is 10.6. The molecule has 0 unspecified atom stereocenters. The van der Waals surface area contributed by atoms with Crippen LogP contribution in [0.1, 0.15) is 46.4 Å². The van der Waals surface area contributed by atoms with Crippen molar-refractivity contribution in [2.45, 2.75) is 52.7 Å². The molecule has 0 aliphatic carbocycles. The Morgan fingerprint density at radius 2 is 2.08 bits per heavy atom. The summed E-state index contributed by atoms with van der Waals surface area (Å²) in [6.07, 6.45) is 2.05. The van der Waals surface area contributed by atoms with E-state index in [0.717, 1.165) is 49.3 Å². The molecule has 1 fully saturated rings. The topological polar surface area (TPSA) is 67.6 Å². The van der Waals surface area contributed by atoms with Crippen molar-refractivity contribution in [3.63, 3.8) is 0 Å². The molecule has 1 N–H and O–H groups in total. The fraction of sp³-hybridized carbons (Fsp3) is 0.600. The number of carbonyl (C=O) groups is 1. The lowest BCUT2D eigenvalue weighted by molar-refractivity contribution is -0.116. The molecule has 6 nitrogen and oxygen atoms in total. The van der Waals surface area contributed by atoms with Crippen LogP contribution in [0, 0.1) is 5.92 Å². The van der Waals surface area contributed by atoms with Crippen molar-refractivity contribution in [2.75, 3.05) is 24.7 Å². The van der Waals surface area contributed by atoms with Gasteiger partial charge in [-0.1, -0.05) is 0 Å². The number of hydrogen-bond donors (Lipinski definition) is 1. The van der Waals surface area contributed by atoms with Crippen LogP contribution in [0.4, 0.5) is 5.69 Å². The molecule has 26 heavy (non-hydrogen) atoms. The molecule has 6 heteroatoms. The molecule has 1 amide bonds. The lowest BCUT2D eigenvalue weighted by atomic mass is 9.99. The van der Waals surface area contributed by atoms with Crippen LogP contribution in [-0.4, -0.2) is 40.3 Å². The molecule has 0 atom stereocenters. The zero-order valence-corrected chi connectivity index (χ0v) is 16.2. The number of carbonyl (C=O) groups excluding carboxylic acids is 1. The second-order valence-electron chi connectivity index (χ2n) is 7.60. The summed E-state index contributed by atoms with van der Waals surface area (Å²) < 4.78 is 7.61. The number of imidazole rings is 1. The van der Waals surface area contributed by atoms with Gasteiger partial charge in [0, 0.05) is 38.9 Å². The van der Waals surface area contributed by atoms with Crippen LogP contribution in [0.2, 0.25) is 0 Å². The van der Waals surface area contributed by atoms with Gasteiger partial charge in [0.25, 0.3) is 0 Å². The number of hydrogen-bond acceptors (Lipinski definition) is 4. The van der Waals surface area contributed by atoms with Gasteiger partial charge in [0.05, 0.1) is 11.0 Å². The minimum absolute atomic E-state index is 0.0104. The van der Waals surface area contributed by atoms with Gasteiger partial charge in [0.1, 0.15) is 11.4 Å². The van der Waals surface area contributed by atoms with Crippen LogP contribution in [0.15, 0.2) is 18.2 Å². The smallest absolute Gasteiger partial charge is 0.223 e. The first-order valence-corrected chi connectivity index (χ1v) is 9.40. The van der Waals surface area contributed by atoms with E-state index in [1.54, 1.807) is 25.7 Å². The SMILES string of the molecule is CCN(C(C)=O)c1ccc2c(c1)nc(C(C)(C)O)n2CC1CCOCC1. The van der Waals surface area contributed by atoms with Gasteiger partial charge >= 0.3 is 0 Å². The van der Waals surface area contributed by atoms with E-state index in [2.05, 4.69) is 4.57 Å². The third-order valence-corrected chi connectivity index (χ3v) is 5.07. The quantitative estimate of drug-likeness (QED) is 0.891. The summed E-state index contributed by atoms with van der Waals surface area (Å²) in [4.78, 5) is 18.3. The molecule has 1 aromatic heterocycles. The number of anilines is 1.